The number of nitrogens with zero attached hydrogens (tertiary/aromatic N) is 1. The van der Waals surface area contributed by atoms with Gasteiger partial charge in [0, 0.05) is 11.8 Å². The molecule has 4 saturated carbocycles. The number of ether oxygens (including phenoxy) is 1. The van der Waals surface area contributed by atoms with Crippen LogP contribution in [0.25, 0.3) is 0 Å². The van der Waals surface area contributed by atoms with E-state index in [-0.39, 0.29) is 57.6 Å². The van der Waals surface area contributed by atoms with Gasteiger partial charge in [-0.1, -0.05) is 73.1 Å². The molecule has 0 aliphatic heterocycles. The van der Waals surface area contributed by atoms with Crippen molar-refractivity contribution in [3.63, 3.8) is 0 Å². The molecule has 4 aliphatic rings. The number of ketones is 1. The lowest BCUT2D eigenvalue weighted by Gasteiger charge is -2.71. The van der Waals surface area contributed by atoms with Crippen LogP contribution in [0, 0.1) is 68.0 Å². The van der Waals surface area contributed by atoms with E-state index in [1.54, 1.807) is 0 Å². The van der Waals surface area contributed by atoms with Gasteiger partial charge in [-0.15, -0.1) is 0 Å². The molecule has 4 aliphatic carbocycles. The maximum absolute atomic E-state index is 13.4. The summed E-state index contributed by atoms with van der Waals surface area (Å²) < 4.78 is 5.01. The number of methoxy groups -OCH3 is 1. The van der Waals surface area contributed by atoms with Crippen LogP contribution < -0.4 is 0 Å². The number of hydrogen-bond donors (Lipinski definition) is 0. The largest absolute Gasteiger partial charge is 0.469 e. The summed E-state index contributed by atoms with van der Waals surface area (Å²) in [4.78, 5) is 38.8. The molecular formula is C32H45Br2NO4. The third-order valence-electron chi connectivity index (χ3n) is 13.1. The fourth-order valence-corrected chi connectivity index (χ4v) is 12.3. The number of aldehydes is 1. The lowest BCUT2D eigenvalue weighted by atomic mass is 9.33. The number of rotatable bonds is 7. The van der Waals surface area contributed by atoms with Crippen LogP contribution in [-0.4, -0.2) is 28.9 Å². The molecule has 0 amide bonds. The second-order valence-electron chi connectivity index (χ2n) is 14.4. The van der Waals surface area contributed by atoms with Gasteiger partial charge in [0.2, 0.25) is 0 Å². The lowest BCUT2D eigenvalue weighted by molar-refractivity contribution is -0.229. The molecular weight excluding hydrogens is 622 g/mol. The van der Waals surface area contributed by atoms with E-state index < -0.39 is 14.6 Å². The first-order valence-electron chi connectivity index (χ1n) is 14.5. The van der Waals surface area contributed by atoms with Gasteiger partial charge in [0.15, 0.2) is 5.78 Å². The van der Waals surface area contributed by atoms with Gasteiger partial charge < -0.3 is 4.74 Å². The molecule has 0 spiro atoms. The first-order valence-corrected chi connectivity index (χ1v) is 16.4. The third-order valence-corrected chi connectivity index (χ3v) is 13.9. The highest BCUT2D eigenvalue weighted by Gasteiger charge is 2.71. The van der Waals surface area contributed by atoms with Crippen molar-refractivity contribution in [3.8, 4) is 6.07 Å². The van der Waals surface area contributed by atoms with Crippen molar-refractivity contribution in [2.24, 2.45) is 56.7 Å². The fraction of sp³-hybridized carbons (Fsp3) is 0.812. The zero-order chi connectivity index (χ0) is 29.2. The average molecular weight is 668 g/mol. The molecule has 0 aromatic heterocycles. The van der Waals surface area contributed by atoms with Crippen molar-refractivity contribution in [2.45, 2.75) is 96.1 Å². The number of nitriles is 1. The molecule has 7 heteroatoms. The molecule has 4 fully saturated rings. The topological polar surface area (TPSA) is 84.2 Å². The summed E-state index contributed by atoms with van der Waals surface area (Å²) >= 11 is 6.91. The molecule has 9 atom stereocenters. The molecule has 0 N–H and O–H groups in total. The average Bonchev–Trinajstić information content (AvgIpc) is 3.28. The Morgan fingerprint density at radius 1 is 1.08 bits per heavy atom. The van der Waals surface area contributed by atoms with Crippen molar-refractivity contribution in [3.05, 3.63) is 12.2 Å². The Morgan fingerprint density at radius 3 is 2.31 bits per heavy atom. The van der Waals surface area contributed by atoms with Crippen LogP contribution in [0.5, 0.6) is 0 Å². The summed E-state index contributed by atoms with van der Waals surface area (Å²) in [6.07, 6.45) is 8.33. The van der Waals surface area contributed by atoms with Gasteiger partial charge >= 0.3 is 5.97 Å². The van der Waals surface area contributed by atoms with Crippen molar-refractivity contribution >= 4 is 49.9 Å². The van der Waals surface area contributed by atoms with E-state index in [0.29, 0.717) is 12.0 Å². The zero-order valence-electron chi connectivity index (χ0n) is 24.4. The standard InChI is InChI=1S/C32H45Br2NO4/c1-19(18-36)20-10-13-32(27(38)39-7)15-14-30(5)21(24(20)32)8-9-23-29(4,16-17-35)22(11-12-31(23,30)6)28(2,3)25(37)26(33)34/h18,20-24,26H,1,8-16H2,2-7H3/t20-,21+,22-,23+,24+,29-,30+,31+,32-/m0/s1. The second kappa shape index (κ2) is 10.4. The van der Waals surface area contributed by atoms with Gasteiger partial charge in [0.05, 0.1) is 18.6 Å². The molecule has 0 radical (unpaired) electrons. The summed E-state index contributed by atoms with van der Waals surface area (Å²) in [6.45, 7) is 15.4. The predicted octanol–water partition coefficient (Wildman–Crippen LogP) is 7.80. The van der Waals surface area contributed by atoms with E-state index in [0.717, 1.165) is 57.7 Å². The zero-order valence-corrected chi connectivity index (χ0v) is 27.6. The van der Waals surface area contributed by atoms with Crippen LogP contribution in [0.3, 0.4) is 0 Å². The number of carbonyl (C=O) groups is 3. The van der Waals surface area contributed by atoms with Crippen molar-refractivity contribution in [2.75, 3.05) is 7.11 Å². The van der Waals surface area contributed by atoms with Gasteiger partial charge in [-0.05, 0) is 103 Å². The molecule has 0 bridgehead atoms. The van der Waals surface area contributed by atoms with E-state index in [9.17, 15) is 19.6 Å². The maximum Gasteiger partial charge on any atom is 0.312 e. The normalized spacial score (nSPS) is 43.4. The van der Waals surface area contributed by atoms with Crippen LogP contribution in [0.2, 0.25) is 0 Å². The number of halogens is 2. The van der Waals surface area contributed by atoms with E-state index in [4.69, 9.17) is 4.74 Å². The third kappa shape index (κ3) is 4.19. The number of Topliss-reactive ketones (excluding diaryl/α,β-unsaturated/α-hetero) is 1. The predicted molar refractivity (Wildman–Crippen MR) is 159 cm³/mol. The molecule has 0 aromatic rings. The van der Waals surface area contributed by atoms with Crippen molar-refractivity contribution < 1.29 is 19.1 Å². The van der Waals surface area contributed by atoms with Crippen molar-refractivity contribution in [1.29, 1.82) is 5.26 Å². The number of esters is 1. The summed E-state index contributed by atoms with van der Waals surface area (Å²) in [5, 5.41) is 10.1. The number of alkyl halides is 2. The quantitative estimate of drug-likeness (QED) is 0.120. The lowest BCUT2D eigenvalue weighted by Crippen LogP contribution is -2.66. The SMILES string of the molecule is C=C(C=O)[C@@H]1CC[C@]2(C(=O)OC)CC[C@]3(C)[C@H](CC[C@@H]4[C@@](C)(CC#N)[C@H](C(C)(C)C(=O)C(Br)Br)CC[C@]43C)[C@@H]12. The van der Waals surface area contributed by atoms with Crippen LogP contribution in [-0.2, 0) is 19.1 Å². The van der Waals surface area contributed by atoms with Crippen LogP contribution in [0.15, 0.2) is 12.2 Å². The number of hydrogen-bond acceptors (Lipinski definition) is 5. The molecule has 0 unspecified atom stereocenters. The van der Waals surface area contributed by atoms with E-state index in [1.807, 2.05) is 0 Å². The number of fused-ring (bicyclic) bond motifs is 5. The highest BCUT2D eigenvalue weighted by molar-refractivity contribution is 9.25. The molecule has 216 valence electrons. The Balaban J connectivity index is 1.80. The van der Waals surface area contributed by atoms with E-state index in [1.165, 1.54) is 7.11 Å². The van der Waals surface area contributed by atoms with Gasteiger partial charge in [-0.2, -0.15) is 5.26 Å². The summed E-state index contributed by atoms with van der Waals surface area (Å²) in [5.41, 5.74) is -0.972. The Bertz CT molecular complexity index is 1100. The maximum atomic E-state index is 13.4. The molecule has 0 aromatic carbocycles. The highest BCUT2D eigenvalue weighted by atomic mass is 79.9. The fourth-order valence-electron chi connectivity index (χ4n) is 11.1. The molecule has 0 heterocycles. The summed E-state index contributed by atoms with van der Waals surface area (Å²) in [5.74, 6) is 0.671. The summed E-state index contributed by atoms with van der Waals surface area (Å²) in [7, 11) is 1.49. The molecule has 5 nitrogen and oxygen atoms in total. The molecule has 0 saturated heterocycles. The minimum absolute atomic E-state index is 0.000414. The first kappa shape index (κ1) is 30.9. The van der Waals surface area contributed by atoms with Gasteiger partial charge in [0.1, 0.15) is 10.0 Å². The van der Waals surface area contributed by atoms with Gasteiger partial charge in [-0.25, -0.2) is 0 Å². The smallest absolute Gasteiger partial charge is 0.312 e. The second-order valence-corrected chi connectivity index (χ2v) is 17.5. The Hall–Kier alpha value is -1.00. The van der Waals surface area contributed by atoms with Gasteiger partial charge in [-0.3, -0.25) is 14.4 Å². The highest BCUT2D eigenvalue weighted by Crippen LogP contribution is 2.76. The van der Waals surface area contributed by atoms with Crippen LogP contribution >= 0.6 is 31.9 Å². The Labute approximate surface area is 251 Å². The summed E-state index contributed by atoms with van der Waals surface area (Å²) in [6, 6.07) is 2.53. The monoisotopic (exact) mass is 665 g/mol. The molecule has 4 rings (SSSR count). The molecule has 39 heavy (non-hydrogen) atoms. The Morgan fingerprint density at radius 2 is 1.74 bits per heavy atom. The van der Waals surface area contributed by atoms with Gasteiger partial charge in [0.25, 0.3) is 0 Å². The van der Waals surface area contributed by atoms with E-state index >= 15 is 0 Å². The minimum atomic E-state index is -0.590. The van der Waals surface area contributed by atoms with Crippen LogP contribution in [0.4, 0.5) is 0 Å². The van der Waals surface area contributed by atoms with E-state index in [2.05, 4.69) is 79.1 Å². The number of allylic oxidation sites excluding steroid dienone is 1. The van der Waals surface area contributed by atoms with Crippen molar-refractivity contribution in [1.82, 2.24) is 0 Å². The Kier molecular flexibility index (Phi) is 8.23. The minimum Gasteiger partial charge on any atom is -0.469 e. The first-order chi connectivity index (χ1) is 18.1. The van der Waals surface area contributed by atoms with Crippen LogP contribution in [0.1, 0.15) is 92.4 Å². The number of carbonyl (C=O) groups excluding carboxylic acids is 3.